The second-order valence-electron chi connectivity index (χ2n) is 3.60. The number of carbonyl (C=O) groups is 1. The highest BCUT2D eigenvalue weighted by molar-refractivity contribution is 5.74. The first kappa shape index (κ1) is 13.5. The van der Waals surface area contributed by atoms with Crippen molar-refractivity contribution >= 4 is 12.1 Å². The number of anilines is 1. The molecule has 1 rings (SSSR count). The molecule has 0 radical (unpaired) electrons. The maximum atomic E-state index is 12.3. The number of pyridine rings is 1. The molecule has 0 aliphatic carbocycles. The first-order chi connectivity index (χ1) is 7.96. The van der Waals surface area contributed by atoms with E-state index in [0.717, 1.165) is 4.90 Å². The van der Waals surface area contributed by atoms with Crippen LogP contribution >= 0.6 is 0 Å². The fourth-order valence-electron chi connectivity index (χ4n) is 1.42. The van der Waals surface area contributed by atoms with Crippen molar-refractivity contribution in [2.45, 2.75) is 19.5 Å². The van der Waals surface area contributed by atoms with E-state index in [0.29, 0.717) is 18.3 Å². The van der Waals surface area contributed by atoms with Crippen LogP contribution in [0.15, 0.2) is 18.3 Å². The van der Waals surface area contributed by atoms with E-state index in [1.54, 1.807) is 6.92 Å². The van der Waals surface area contributed by atoms with Gasteiger partial charge in [0.15, 0.2) is 6.29 Å². The predicted molar refractivity (Wildman–Crippen MR) is 58.2 cm³/mol. The normalized spacial score (nSPS) is 11.3. The van der Waals surface area contributed by atoms with Gasteiger partial charge < -0.3 is 4.90 Å². The van der Waals surface area contributed by atoms with Gasteiger partial charge in [-0.1, -0.05) is 6.92 Å². The molecular formula is C11H13F3N2O. The number of halogens is 3. The van der Waals surface area contributed by atoms with E-state index in [2.05, 4.69) is 4.98 Å². The molecule has 0 bridgehead atoms. The quantitative estimate of drug-likeness (QED) is 0.749. The Morgan fingerprint density at radius 3 is 2.53 bits per heavy atom. The molecule has 0 aliphatic rings. The zero-order chi connectivity index (χ0) is 12.9. The minimum atomic E-state index is -4.26. The van der Waals surface area contributed by atoms with Crippen LogP contribution in [0.1, 0.15) is 23.7 Å². The molecule has 6 heteroatoms. The van der Waals surface area contributed by atoms with Crippen molar-refractivity contribution in [3.8, 4) is 0 Å². The summed E-state index contributed by atoms with van der Waals surface area (Å²) < 4.78 is 37.0. The maximum absolute atomic E-state index is 12.3. The van der Waals surface area contributed by atoms with Crippen LogP contribution in [0.5, 0.6) is 0 Å². The van der Waals surface area contributed by atoms with Gasteiger partial charge in [-0.05, 0) is 18.6 Å². The van der Waals surface area contributed by atoms with Gasteiger partial charge in [0.2, 0.25) is 0 Å². The number of aromatic nitrogens is 1. The van der Waals surface area contributed by atoms with E-state index in [1.165, 1.54) is 18.3 Å². The molecule has 0 saturated carbocycles. The first-order valence-electron chi connectivity index (χ1n) is 5.19. The minimum Gasteiger partial charge on any atom is -0.348 e. The molecule has 0 aromatic carbocycles. The highest BCUT2D eigenvalue weighted by Crippen LogP contribution is 2.20. The molecule has 1 heterocycles. The Morgan fingerprint density at radius 1 is 1.41 bits per heavy atom. The zero-order valence-electron chi connectivity index (χ0n) is 9.37. The summed E-state index contributed by atoms with van der Waals surface area (Å²) in [6, 6.07) is 2.87. The average molecular weight is 246 g/mol. The second-order valence-corrected chi connectivity index (χ2v) is 3.60. The van der Waals surface area contributed by atoms with Crippen molar-refractivity contribution < 1.29 is 18.0 Å². The fraction of sp³-hybridized carbons (Fsp3) is 0.455. The molecule has 0 saturated heterocycles. The Balaban J connectivity index is 2.85. The van der Waals surface area contributed by atoms with Crippen molar-refractivity contribution in [1.29, 1.82) is 0 Å². The lowest BCUT2D eigenvalue weighted by molar-refractivity contribution is -0.119. The van der Waals surface area contributed by atoms with Gasteiger partial charge in [-0.15, -0.1) is 0 Å². The Bertz CT molecular complexity index is 362. The van der Waals surface area contributed by atoms with Gasteiger partial charge in [0.05, 0.1) is 0 Å². The number of rotatable bonds is 5. The van der Waals surface area contributed by atoms with E-state index in [-0.39, 0.29) is 12.4 Å². The van der Waals surface area contributed by atoms with E-state index >= 15 is 0 Å². The lowest BCUT2D eigenvalue weighted by atomic mass is 10.3. The summed E-state index contributed by atoms with van der Waals surface area (Å²) in [7, 11) is 0. The number of nitrogens with zero attached hydrogens (tertiary/aromatic N) is 2. The Kier molecular flexibility index (Phi) is 4.48. The summed E-state index contributed by atoms with van der Waals surface area (Å²) in [6.45, 7) is 1.03. The smallest absolute Gasteiger partial charge is 0.348 e. The summed E-state index contributed by atoms with van der Waals surface area (Å²) >= 11 is 0. The molecule has 3 nitrogen and oxygen atoms in total. The number of carbonyl (C=O) groups excluding carboxylic acids is 1. The summed E-state index contributed by atoms with van der Waals surface area (Å²) in [4.78, 5) is 15.4. The highest BCUT2D eigenvalue weighted by Gasteiger charge is 2.30. The third-order valence-corrected chi connectivity index (χ3v) is 2.09. The molecule has 1 aromatic heterocycles. The van der Waals surface area contributed by atoms with Crippen molar-refractivity contribution in [1.82, 2.24) is 4.98 Å². The van der Waals surface area contributed by atoms with Crippen LogP contribution in [0.2, 0.25) is 0 Å². The van der Waals surface area contributed by atoms with E-state index in [4.69, 9.17) is 0 Å². The molecule has 0 N–H and O–H groups in total. The molecule has 1 aromatic rings. The summed E-state index contributed by atoms with van der Waals surface area (Å²) in [5, 5.41) is 0. The first-order valence-corrected chi connectivity index (χ1v) is 5.19. The number of hydrogen-bond acceptors (Lipinski definition) is 3. The Morgan fingerprint density at radius 2 is 2.12 bits per heavy atom. The topological polar surface area (TPSA) is 33.2 Å². The van der Waals surface area contributed by atoms with Gasteiger partial charge in [-0.2, -0.15) is 13.2 Å². The SMILES string of the molecule is CCCN(CC(F)(F)F)c1ccc(C=O)cn1. The van der Waals surface area contributed by atoms with Crippen molar-refractivity contribution in [2.24, 2.45) is 0 Å². The van der Waals surface area contributed by atoms with Crippen molar-refractivity contribution in [2.75, 3.05) is 18.0 Å². The molecule has 0 spiro atoms. The van der Waals surface area contributed by atoms with Crippen LogP contribution < -0.4 is 4.90 Å². The third-order valence-electron chi connectivity index (χ3n) is 2.09. The van der Waals surface area contributed by atoms with Crippen LogP contribution in [-0.2, 0) is 0 Å². The zero-order valence-corrected chi connectivity index (χ0v) is 9.37. The summed E-state index contributed by atoms with van der Waals surface area (Å²) in [5.41, 5.74) is 0.345. The molecule has 94 valence electrons. The minimum absolute atomic E-state index is 0.231. The molecule has 0 amide bonds. The number of alkyl halides is 3. The van der Waals surface area contributed by atoms with Gasteiger partial charge >= 0.3 is 6.18 Å². The highest BCUT2D eigenvalue weighted by atomic mass is 19.4. The molecule has 17 heavy (non-hydrogen) atoms. The predicted octanol–water partition coefficient (Wildman–Crippen LogP) is 2.67. The van der Waals surface area contributed by atoms with Crippen molar-refractivity contribution in [3.05, 3.63) is 23.9 Å². The molecule has 0 atom stereocenters. The van der Waals surface area contributed by atoms with Crippen LogP contribution in [-0.4, -0.2) is 30.5 Å². The van der Waals surface area contributed by atoms with E-state index in [9.17, 15) is 18.0 Å². The van der Waals surface area contributed by atoms with Gasteiger partial charge in [0.25, 0.3) is 0 Å². The number of aldehydes is 1. The average Bonchev–Trinajstić information content (AvgIpc) is 2.27. The Labute approximate surface area is 97.3 Å². The van der Waals surface area contributed by atoms with Crippen LogP contribution in [0.25, 0.3) is 0 Å². The van der Waals surface area contributed by atoms with Crippen LogP contribution in [0, 0.1) is 0 Å². The van der Waals surface area contributed by atoms with E-state index < -0.39 is 12.7 Å². The fourth-order valence-corrected chi connectivity index (χ4v) is 1.42. The van der Waals surface area contributed by atoms with Gasteiger partial charge in [0.1, 0.15) is 12.4 Å². The largest absolute Gasteiger partial charge is 0.405 e. The van der Waals surface area contributed by atoms with Gasteiger partial charge in [-0.25, -0.2) is 4.98 Å². The third kappa shape index (κ3) is 4.42. The molecule has 0 unspecified atom stereocenters. The second kappa shape index (κ2) is 5.65. The molecule has 0 fully saturated rings. The van der Waals surface area contributed by atoms with Gasteiger partial charge in [0, 0.05) is 18.3 Å². The van der Waals surface area contributed by atoms with E-state index in [1.807, 2.05) is 0 Å². The maximum Gasteiger partial charge on any atom is 0.405 e. The summed E-state index contributed by atoms with van der Waals surface area (Å²) in [5.74, 6) is 0.231. The lowest BCUT2D eigenvalue weighted by Gasteiger charge is -2.24. The lowest BCUT2D eigenvalue weighted by Crippen LogP contribution is -2.35. The molecule has 0 aliphatic heterocycles. The Hall–Kier alpha value is -1.59. The standard InChI is InChI=1S/C11H13F3N2O/c1-2-5-16(8-11(12,13)14)10-4-3-9(7-17)6-15-10/h3-4,6-7H,2,5,8H2,1H3. The van der Waals surface area contributed by atoms with Gasteiger partial charge in [-0.3, -0.25) is 4.79 Å². The molecular weight excluding hydrogens is 233 g/mol. The van der Waals surface area contributed by atoms with Crippen molar-refractivity contribution in [3.63, 3.8) is 0 Å². The monoisotopic (exact) mass is 246 g/mol. The van der Waals surface area contributed by atoms with Crippen LogP contribution in [0.4, 0.5) is 19.0 Å². The summed E-state index contributed by atoms with van der Waals surface area (Å²) in [6.07, 6.45) is -1.81. The number of hydrogen-bond donors (Lipinski definition) is 0. The van der Waals surface area contributed by atoms with Crippen LogP contribution in [0.3, 0.4) is 0 Å².